The molecular formula is C28H24ClNO3. The van der Waals surface area contributed by atoms with Gasteiger partial charge in [0.2, 0.25) is 5.72 Å². The van der Waals surface area contributed by atoms with Crippen LogP contribution >= 0.6 is 11.6 Å². The largest absolute Gasteiger partial charge is 0.466 e. The maximum atomic E-state index is 12.9. The van der Waals surface area contributed by atoms with Gasteiger partial charge in [0.25, 0.3) is 0 Å². The van der Waals surface area contributed by atoms with E-state index in [2.05, 4.69) is 29.6 Å². The van der Waals surface area contributed by atoms with Crippen LogP contribution in [0.3, 0.4) is 0 Å². The summed E-state index contributed by atoms with van der Waals surface area (Å²) in [5.74, 6) is -1.33. The Kier molecular flexibility index (Phi) is 5.45. The summed E-state index contributed by atoms with van der Waals surface area (Å²) in [5, 5.41) is 15.7. The van der Waals surface area contributed by atoms with Gasteiger partial charge < -0.3 is 9.84 Å². The minimum Gasteiger partial charge on any atom is -0.466 e. The number of piperidine rings is 1. The number of fused-ring (bicyclic) bond motifs is 1. The van der Waals surface area contributed by atoms with Gasteiger partial charge in [0, 0.05) is 5.02 Å². The predicted octanol–water partition coefficient (Wildman–Crippen LogP) is 4.94. The molecule has 1 aliphatic heterocycles. The molecule has 0 saturated carbocycles. The van der Waals surface area contributed by atoms with Crippen LogP contribution in [0.1, 0.15) is 22.7 Å². The number of benzene rings is 3. The van der Waals surface area contributed by atoms with Crippen LogP contribution < -0.4 is 5.32 Å². The Morgan fingerprint density at radius 1 is 0.939 bits per heavy atom. The van der Waals surface area contributed by atoms with Crippen LogP contribution in [0.2, 0.25) is 5.02 Å². The van der Waals surface area contributed by atoms with Gasteiger partial charge in [-0.25, -0.2) is 4.79 Å². The number of hydrogen-bond acceptors (Lipinski definition) is 4. The van der Waals surface area contributed by atoms with E-state index in [4.69, 9.17) is 16.3 Å². The topological polar surface area (TPSA) is 58.6 Å². The second-order valence-corrected chi connectivity index (χ2v) is 8.85. The van der Waals surface area contributed by atoms with E-state index in [1.807, 2.05) is 78.9 Å². The van der Waals surface area contributed by atoms with Crippen LogP contribution in [0, 0.1) is 5.92 Å². The molecule has 1 heterocycles. The van der Waals surface area contributed by atoms with E-state index in [1.54, 1.807) is 0 Å². The minimum atomic E-state index is -1.93. The third-order valence-corrected chi connectivity index (χ3v) is 7.03. The van der Waals surface area contributed by atoms with Crippen molar-refractivity contribution in [1.29, 1.82) is 0 Å². The summed E-state index contributed by atoms with van der Waals surface area (Å²) in [6.45, 7) is 0. The average molecular weight is 458 g/mol. The first-order valence-corrected chi connectivity index (χ1v) is 11.2. The quantitative estimate of drug-likeness (QED) is 0.544. The molecule has 0 spiro atoms. The third kappa shape index (κ3) is 3.25. The Hall–Kier alpha value is -3.18. The zero-order valence-corrected chi connectivity index (χ0v) is 18.9. The number of methoxy groups -OCH3 is 1. The molecule has 5 heteroatoms. The molecule has 33 heavy (non-hydrogen) atoms. The number of esters is 1. The van der Waals surface area contributed by atoms with Crippen LogP contribution in [-0.2, 0) is 14.9 Å². The highest BCUT2D eigenvalue weighted by atomic mass is 35.5. The molecule has 0 radical (unpaired) electrons. The molecule has 0 aromatic heterocycles. The highest BCUT2D eigenvalue weighted by Gasteiger charge is 2.61. The fourth-order valence-electron chi connectivity index (χ4n) is 5.37. The van der Waals surface area contributed by atoms with Crippen LogP contribution in [-0.4, -0.2) is 23.9 Å². The first kappa shape index (κ1) is 21.7. The smallest absolute Gasteiger partial charge is 0.354 e. The number of aliphatic hydroxyl groups is 1. The molecule has 1 aliphatic carbocycles. The highest BCUT2D eigenvalue weighted by molar-refractivity contribution is 6.30. The van der Waals surface area contributed by atoms with Crippen molar-refractivity contribution in [1.82, 2.24) is 5.32 Å². The second kappa shape index (κ2) is 8.31. The Balaban J connectivity index is 1.85. The van der Waals surface area contributed by atoms with E-state index >= 15 is 0 Å². The number of ether oxygens (including phenoxy) is 1. The summed E-state index contributed by atoms with van der Waals surface area (Å²) in [4.78, 5) is 12.9. The summed E-state index contributed by atoms with van der Waals surface area (Å²) in [6, 6.07) is 27.4. The van der Waals surface area contributed by atoms with Crippen molar-refractivity contribution in [2.75, 3.05) is 7.11 Å². The minimum absolute atomic E-state index is 0.494. The molecule has 1 saturated heterocycles. The average Bonchev–Trinajstić information content (AvgIpc) is 3.37. The number of carbonyl (C=O) groups is 1. The predicted molar refractivity (Wildman–Crippen MR) is 129 cm³/mol. The lowest BCUT2D eigenvalue weighted by molar-refractivity contribution is -0.175. The van der Waals surface area contributed by atoms with Crippen molar-refractivity contribution < 1.29 is 14.6 Å². The van der Waals surface area contributed by atoms with Crippen molar-refractivity contribution in [3.63, 3.8) is 0 Å². The van der Waals surface area contributed by atoms with Crippen molar-refractivity contribution in [2.24, 2.45) is 5.92 Å². The van der Waals surface area contributed by atoms with E-state index in [0.29, 0.717) is 5.02 Å². The van der Waals surface area contributed by atoms with E-state index in [1.165, 1.54) is 7.11 Å². The highest BCUT2D eigenvalue weighted by Crippen LogP contribution is 2.57. The van der Waals surface area contributed by atoms with Gasteiger partial charge in [0.1, 0.15) is 0 Å². The van der Waals surface area contributed by atoms with E-state index < -0.39 is 29.1 Å². The lowest BCUT2D eigenvalue weighted by atomic mass is 9.56. The molecule has 166 valence electrons. The molecule has 3 aromatic rings. The molecule has 3 atom stereocenters. The second-order valence-electron chi connectivity index (χ2n) is 8.41. The number of allylic oxidation sites excluding steroid dienone is 2. The van der Waals surface area contributed by atoms with Crippen molar-refractivity contribution in [3.05, 3.63) is 130 Å². The molecule has 2 aliphatic rings. The number of hydrogen-bond donors (Lipinski definition) is 2. The lowest BCUT2D eigenvalue weighted by Crippen LogP contribution is -2.67. The summed E-state index contributed by atoms with van der Waals surface area (Å²) < 4.78 is 5.05. The first-order chi connectivity index (χ1) is 16.0. The molecule has 3 unspecified atom stereocenters. The van der Waals surface area contributed by atoms with Gasteiger partial charge in [0.05, 0.1) is 24.5 Å². The summed E-state index contributed by atoms with van der Waals surface area (Å²) in [5.41, 5.74) is 1.29. The summed E-state index contributed by atoms with van der Waals surface area (Å²) >= 11 is 6.21. The molecule has 0 bridgehead atoms. The van der Waals surface area contributed by atoms with Gasteiger partial charge in [-0.2, -0.15) is 0 Å². The van der Waals surface area contributed by atoms with Crippen LogP contribution in [0.4, 0.5) is 0 Å². The van der Waals surface area contributed by atoms with Gasteiger partial charge >= 0.3 is 5.97 Å². The van der Waals surface area contributed by atoms with E-state index in [0.717, 1.165) is 22.3 Å². The maximum absolute atomic E-state index is 12.9. The Morgan fingerprint density at radius 3 is 2.06 bits per heavy atom. The van der Waals surface area contributed by atoms with Gasteiger partial charge in [-0.05, 0) is 34.4 Å². The van der Waals surface area contributed by atoms with Crippen LogP contribution in [0.25, 0.3) is 0 Å². The fourth-order valence-corrected chi connectivity index (χ4v) is 5.49. The monoisotopic (exact) mass is 457 g/mol. The van der Waals surface area contributed by atoms with Crippen LogP contribution in [0.5, 0.6) is 0 Å². The maximum Gasteiger partial charge on any atom is 0.354 e. The molecule has 0 amide bonds. The molecule has 2 N–H and O–H groups in total. The Labute approximate surface area is 198 Å². The number of carbonyl (C=O) groups excluding carboxylic acids is 1. The zero-order chi connectivity index (χ0) is 23.1. The standard InChI is InChI=1S/C28H24ClNO3/c1-33-26(31)28(32)24-14-8-13-23(24)27(20-9-4-2-5-10-20,21-11-6-3-7-12-21)25(30-28)19-15-17-22(29)18-16-19/h2-18,24-25,30,32H,1H3. The third-order valence-electron chi connectivity index (χ3n) is 6.78. The van der Waals surface area contributed by atoms with E-state index in [-0.39, 0.29) is 0 Å². The number of rotatable bonds is 4. The van der Waals surface area contributed by atoms with Gasteiger partial charge in [-0.3, -0.25) is 5.32 Å². The van der Waals surface area contributed by atoms with Gasteiger partial charge in [-0.1, -0.05) is 103 Å². The number of halogens is 1. The first-order valence-electron chi connectivity index (χ1n) is 10.9. The molecule has 5 rings (SSSR count). The lowest BCUT2D eigenvalue weighted by Gasteiger charge is -2.54. The SMILES string of the molecule is COC(=O)C1(O)NC(c2ccc(Cl)cc2)C(c2ccccc2)(c2ccccc2)C2=CC=CC21. The van der Waals surface area contributed by atoms with Crippen molar-refractivity contribution >= 4 is 17.6 Å². The Bertz CT molecular complexity index is 1180. The van der Waals surface area contributed by atoms with Crippen molar-refractivity contribution in [2.45, 2.75) is 17.2 Å². The zero-order valence-electron chi connectivity index (χ0n) is 18.1. The normalized spacial score (nSPS) is 25.2. The van der Waals surface area contributed by atoms with Crippen molar-refractivity contribution in [3.8, 4) is 0 Å². The molecule has 1 fully saturated rings. The summed E-state index contributed by atoms with van der Waals surface area (Å²) in [6.07, 6.45) is 5.78. The fraction of sp³-hybridized carbons (Fsp3) is 0.179. The number of nitrogens with one attached hydrogen (secondary N) is 1. The molecular weight excluding hydrogens is 434 g/mol. The van der Waals surface area contributed by atoms with E-state index in [9.17, 15) is 9.90 Å². The Morgan fingerprint density at radius 2 is 1.52 bits per heavy atom. The molecule has 4 nitrogen and oxygen atoms in total. The summed E-state index contributed by atoms with van der Waals surface area (Å²) in [7, 11) is 1.29. The van der Waals surface area contributed by atoms with Crippen LogP contribution in [0.15, 0.2) is 109 Å². The van der Waals surface area contributed by atoms with Gasteiger partial charge in [0.15, 0.2) is 0 Å². The molecule has 3 aromatic carbocycles. The van der Waals surface area contributed by atoms with Gasteiger partial charge in [-0.15, -0.1) is 0 Å².